The molecule has 1 aromatic heterocycles. The van der Waals surface area contributed by atoms with Crippen LogP contribution in [0, 0.1) is 0 Å². The molecule has 5 heteroatoms. The van der Waals surface area contributed by atoms with E-state index in [1.165, 1.54) is 0 Å². The zero-order chi connectivity index (χ0) is 16.1. The maximum atomic E-state index is 5.84. The minimum absolute atomic E-state index is 0.485. The van der Waals surface area contributed by atoms with Crippen molar-refractivity contribution in [3.8, 4) is 22.9 Å². The number of nitrogens with zero attached hydrogens (tertiary/aromatic N) is 2. The number of hydrogen-bond acceptors (Lipinski definition) is 5. The van der Waals surface area contributed by atoms with Crippen LogP contribution in [0.2, 0.25) is 0 Å². The summed E-state index contributed by atoms with van der Waals surface area (Å²) in [5, 5.41) is 3.97. The summed E-state index contributed by atoms with van der Waals surface area (Å²) in [7, 11) is 1.61. The molecule has 0 fully saturated rings. The van der Waals surface area contributed by atoms with Gasteiger partial charge in [-0.2, -0.15) is 4.98 Å². The third-order valence-corrected chi connectivity index (χ3v) is 3.43. The molecule has 0 bridgehead atoms. The lowest BCUT2D eigenvalue weighted by Gasteiger charge is -2.11. The number of rotatable bonds is 6. The van der Waals surface area contributed by atoms with Gasteiger partial charge in [0, 0.05) is 12.0 Å². The lowest BCUT2D eigenvalue weighted by Crippen LogP contribution is -1.98. The van der Waals surface area contributed by atoms with Crippen molar-refractivity contribution >= 4 is 0 Å². The number of methoxy groups -OCH3 is 1. The first-order valence-electron chi connectivity index (χ1n) is 7.48. The largest absolute Gasteiger partial charge is 0.493 e. The molecule has 2 aromatic carbocycles. The molecule has 0 saturated carbocycles. The number of benzene rings is 2. The predicted octanol–water partition coefficient (Wildman–Crippen LogP) is 3.89. The fraction of sp³-hybridized carbons (Fsp3) is 0.222. The zero-order valence-corrected chi connectivity index (χ0v) is 13.2. The van der Waals surface area contributed by atoms with Gasteiger partial charge in [0.15, 0.2) is 11.5 Å². The van der Waals surface area contributed by atoms with E-state index in [2.05, 4.69) is 10.1 Å². The average Bonchev–Trinajstić information content (AvgIpc) is 3.10. The fourth-order valence-corrected chi connectivity index (χ4v) is 2.18. The van der Waals surface area contributed by atoms with Crippen molar-refractivity contribution in [1.29, 1.82) is 0 Å². The molecule has 3 rings (SSSR count). The predicted molar refractivity (Wildman–Crippen MR) is 86.4 cm³/mol. The molecule has 0 radical (unpaired) electrons. The first kappa shape index (κ1) is 15.1. The van der Waals surface area contributed by atoms with E-state index in [-0.39, 0.29) is 0 Å². The van der Waals surface area contributed by atoms with Crippen molar-refractivity contribution in [2.24, 2.45) is 0 Å². The summed E-state index contributed by atoms with van der Waals surface area (Å²) < 4.78 is 16.4. The highest BCUT2D eigenvalue weighted by Crippen LogP contribution is 2.32. The van der Waals surface area contributed by atoms with Crippen LogP contribution in [0.3, 0.4) is 0 Å². The molecule has 0 N–H and O–H groups in total. The maximum Gasteiger partial charge on any atom is 0.226 e. The molecule has 0 unspecified atom stereocenters. The van der Waals surface area contributed by atoms with Crippen LogP contribution in [-0.2, 0) is 13.0 Å². The Morgan fingerprint density at radius 3 is 2.57 bits per heavy atom. The van der Waals surface area contributed by atoms with E-state index in [4.69, 9.17) is 14.0 Å². The molecular weight excluding hydrogens is 292 g/mol. The highest BCUT2D eigenvalue weighted by Gasteiger charge is 2.12. The molecule has 0 aliphatic carbocycles. The van der Waals surface area contributed by atoms with E-state index >= 15 is 0 Å². The lowest BCUT2D eigenvalue weighted by molar-refractivity contribution is 0.284. The average molecular weight is 310 g/mol. The van der Waals surface area contributed by atoms with Crippen LogP contribution in [-0.4, -0.2) is 17.3 Å². The van der Waals surface area contributed by atoms with Gasteiger partial charge in [0.2, 0.25) is 11.7 Å². The Labute approximate surface area is 134 Å². The summed E-state index contributed by atoms with van der Waals surface area (Å²) in [5.41, 5.74) is 1.93. The van der Waals surface area contributed by atoms with E-state index < -0.39 is 0 Å². The van der Waals surface area contributed by atoms with Crippen LogP contribution in [0.5, 0.6) is 11.5 Å². The van der Waals surface area contributed by atoms with E-state index in [0.29, 0.717) is 36.2 Å². The smallest absolute Gasteiger partial charge is 0.226 e. The summed E-state index contributed by atoms with van der Waals surface area (Å²) in [6.45, 7) is 2.46. The molecule has 0 atom stereocenters. The molecule has 0 spiro atoms. The van der Waals surface area contributed by atoms with Crippen LogP contribution < -0.4 is 9.47 Å². The first-order chi connectivity index (χ1) is 11.3. The van der Waals surface area contributed by atoms with Crippen molar-refractivity contribution in [2.75, 3.05) is 7.11 Å². The molecule has 0 aliphatic rings. The van der Waals surface area contributed by atoms with Crippen molar-refractivity contribution in [3.63, 3.8) is 0 Å². The first-order valence-corrected chi connectivity index (χ1v) is 7.48. The summed E-state index contributed by atoms with van der Waals surface area (Å²) in [6, 6.07) is 15.6. The lowest BCUT2D eigenvalue weighted by atomic mass is 10.2. The van der Waals surface area contributed by atoms with Gasteiger partial charge in [-0.25, -0.2) is 0 Å². The van der Waals surface area contributed by atoms with Gasteiger partial charge in [-0.3, -0.25) is 0 Å². The molecule has 3 aromatic rings. The molecular formula is C18H18N2O3. The summed E-state index contributed by atoms with van der Waals surface area (Å²) >= 11 is 0. The van der Waals surface area contributed by atoms with Crippen LogP contribution in [0.25, 0.3) is 11.4 Å². The number of aryl methyl sites for hydroxylation is 1. The molecule has 0 saturated heterocycles. The minimum atomic E-state index is 0.485. The van der Waals surface area contributed by atoms with Crippen LogP contribution >= 0.6 is 0 Å². The van der Waals surface area contributed by atoms with Crippen LogP contribution in [0.1, 0.15) is 18.4 Å². The number of aromatic nitrogens is 2. The van der Waals surface area contributed by atoms with Gasteiger partial charge in [0.05, 0.1) is 7.11 Å². The van der Waals surface area contributed by atoms with Crippen molar-refractivity contribution in [3.05, 3.63) is 60.0 Å². The second-order valence-electron chi connectivity index (χ2n) is 5.01. The van der Waals surface area contributed by atoms with Gasteiger partial charge in [-0.1, -0.05) is 42.4 Å². The SMILES string of the molecule is CCc1nc(-c2ccc(OCc3ccccc3)c(OC)c2)no1. The minimum Gasteiger partial charge on any atom is -0.493 e. The standard InChI is InChI=1S/C18H18N2O3/c1-3-17-19-18(20-23-17)14-9-10-15(16(11-14)21-2)22-12-13-7-5-4-6-8-13/h4-11H,3,12H2,1-2H3. The monoisotopic (exact) mass is 310 g/mol. The Kier molecular flexibility index (Phi) is 4.57. The molecule has 0 amide bonds. The van der Waals surface area contributed by atoms with E-state index in [9.17, 15) is 0 Å². The Morgan fingerprint density at radius 1 is 1.04 bits per heavy atom. The van der Waals surface area contributed by atoms with E-state index in [1.54, 1.807) is 7.11 Å². The van der Waals surface area contributed by atoms with E-state index in [0.717, 1.165) is 11.1 Å². The van der Waals surface area contributed by atoms with Crippen molar-refractivity contribution < 1.29 is 14.0 Å². The van der Waals surface area contributed by atoms with Gasteiger partial charge in [-0.05, 0) is 23.8 Å². The van der Waals surface area contributed by atoms with Gasteiger partial charge in [-0.15, -0.1) is 0 Å². The molecule has 5 nitrogen and oxygen atoms in total. The second kappa shape index (κ2) is 6.96. The normalized spacial score (nSPS) is 10.5. The number of hydrogen-bond donors (Lipinski definition) is 0. The Morgan fingerprint density at radius 2 is 1.87 bits per heavy atom. The van der Waals surface area contributed by atoms with Crippen molar-refractivity contribution in [1.82, 2.24) is 10.1 Å². The summed E-state index contributed by atoms with van der Waals surface area (Å²) in [4.78, 5) is 4.32. The Balaban J connectivity index is 1.79. The fourth-order valence-electron chi connectivity index (χ4n) is 2.18. The van der Waals surface area contributed by atoms with Crippen LogP contribution in [0.15, 0.2) is 53.1 Å². The summed E-state index contributed by atoms with van der Waals surface area (Å²) in [6.07, 6.45) is 0.711. The molecule has 118 valence electrons. The second-order valence-corrected chi connectivity index (χ2v) is 5.01. The topological polar surface area (TPSA) is 57.4 Å². The quantitative estimate of drug-likeness (QED) is 0.691. The van der Waals surface area contributed by atoms with Gasteiger partial charge < -0.3 is 14.0 Å². The zero-order valence-electron chi connectivity index (χ0n) is 13.2. The molecule has 1 heterocycles. The van der Waals surface area contributed by atoms with Gasteiger partial charge in [0.1, 0.15) is 6.61 Å². The Hall–Kier alpha value is -2.82. The van der Waals surface area contributed by atoms with Gasteiger partial charge in [0.25, 0.3) is 0 Å². The van der Waals surface area contributed by atoms with Gasteiger partial charge >= 0.3 is 0 Å². The Bertz CT molecular complexity index is 769. The van der Waals surface area contributed by atoms with Crippen molar-refractivity contribution in [2.45, 2.75) is 20.0 Å². The third kappa shape index (κ3) is 3.51. The maximum absolute atomic E-state index is 5.84. The van der Waals surface area contributed by atoms with Crippen LogP contribution in [0.4, 0.5) is 0 Å². The van der Waals surface area contributed by atoms with E-state index in [1.807, 2.05) is 55.5 Å². The highest BCUT2D eigenvalue weighted by molar-refractivity contribution is 5.60. The highest BCUT2D eigenvalue weighted by atomic mass is 16.5. The molecule has 0 aliphatic heterocycles. The number of ether oxygens (including phenoxy) is 2. The molecule has 23 heavy (non-hydrogen) atoms. The summed E-state index contributed by atoms with van der Waals surface area (Å²) in [5.74, 6) is 2.48. The third-order valence-electron chi connectivity index (χ3n) is 3.43.